The number of nitrogens with one attached hydrogen (secondary N) is 4. The first-order valence-corrected chi connectivity index (χ1v) is 17.3. The zero-order valence-electron chi connectivity index (χ0n) is 27.6. The molecule has 4 aliphatic rings. The number of hydroxylamine groups is 1. The number of ketones is 1. The van der Waals surface area contributed by atoms with Crippen LogP contribution < -0.4 is 21.4 Å². The summed E-state index contributed by atoms with van der Waals surface area (Å²) in [5, 5.41) is 9.59. The van der Waals surface area contributed by atoms with Crippen LogP contribution in [0.3, 0.4) is 0 Å². The molecular formula is C35H50ClN5O5. The third-order valence-electron chi connectivity index (χ3n) is 9.75. The number of hydrogen-bond donors (Lipinski definition) is 4. The minimum atomic E-state index is -0.917. The van der Waals surface area contributed by atoms with Crippen molar-refractivity contribution in [1.29, 1.82) is 0 Å². The zero-order chi connectivity index (χ0) is 33.1. The third-order valence-corrected chi connectivity index (χ3v) is 9.99. The predicted octanol–water partition coefficient (Wildman–Crippen LogP) is 4.27. The van der Waals surface area contributed by atoms with Crippen molar-refractivity contribution in [3.8, 4) is 0 Å². The monoisotopic (exact) mass is 655 g/mol. The van der Waals surface area contributed by atoms with Gasteiger partial charge in [-0.25, -0.2) is 0 Å². The Balaban J connectivity index is 1.37. The molecule has 0 aromatic heterocycles. The average Bonchev–Trinajstić information content (AvgIpc) is 3.35. The van der Waals surface area contributed by atoms with Crippen LogP contribution in [0.2, 0.25) is 5.02 Å². The van der Waals surface area contributed by atoms with E-state index in [0.717, 1.165) is 36.9 Å². The van der Waals surface area contributed by atoms with Crippen molar-refractivity contribution in [3.63, 3.8) is 0 Å². The number of carbonyl (C=O) groups excluding carboxylic acids is 4. The number of benzene rings is 1. The molecule has 0 bridgehead atoms. The lowest BCUT2D eigenvalue weighted by Crippen LogP contribution is -2.56. The SMILES string of the molecule is CCC[C@H](NC(=O)[C@@H]1C[C@]2(C=C(c3cccc(Cl)c3)NO2)CN1C[C@@H](NC(=O)CC1CCCC1)C(C)(C)C)C(=O)C(=O)NC1CC1. The van der Waals surface area contributed by atoms with Gasteiger partial charge in [0.15, 0.2) is 0 Å². The van der Waals surface area contributed by atoms with Crippen LogP contribution in [-0.2, 0) is 24.0 Å². The van der Waals surface area contributed by atoms with Crippen LogP contribution in [0.25, 0.3) is 5.70 Å². The molecule has 2 saturated carbocycles. The van der Waals surface area contributed by atoms with Crippen LogP contribution in [0.1, 0.15) is 97.5 Å². The molecule has 11 heteroatoms. The topological polar surface area (TPSA) is 129 Å². The van der Waals surface area contributed by atoms with Gasteiger partial charge in [-0.15, -0.1) is 0 Å². The standard InChI is InChI=1S/C35H50ClN5O5/c1-5-9-26(31(43)33(45)37-25-14-15-25)38-32(44)28-19-35(18-27(40-46-35)23-12-8-13-24(36)17-23)21-41(28)20-29(34(2,3)4)39-30(42)16-22-10-6-7-11-22/h8,12-13,17-18,22,25-26,28-29,40H,5-7,9-11,14-16,19-21H2,1-4H3,(H,37,45)(H,38,44)(H,39,42)/t26-,28-,29+,35+/m0/s1. The molecule has 3 fully saturated rings. The summed E-state index contributed by atoms with van der Waals surface area (Å²) in [7, 11) is 0. The third kappa shape index (κ3) is 8.69. The quantitative estimate of drug-likeness (QED) is 0.234. The van der Waals surface area contributed by atoms with E-state index < -0.39 is 29.4 Å². The summed E-state index contributed by atoms with van der Waals surface area (Å²) in [6, 6.07) is 5.69. The Morgan fingerprint density at radius 2 is 1.85 bits per heavy atom. The maximum Gasteiger partial charge on any atom is 0.289 e. The van der Waals surface area contributed by atoms with Crippen molar-refractivity contribution < 1.29 is 24.0 Å². The molecule has 10 nitrogen and oxygen atoms in total. The Kier molecular flexibility index (Phi) is 10.8. The van der Waals surface area contributed by atoms with Gasteiger partial charge in [-0.3, -0.25) is 34.4 Å². The van der Waals surface area contributed by atoms with Crippen LogP contribution in [0.4, 0.5) is 0 Å². The van der Waals surface area contributed by atoms with E-state index in [4.69, 9.17) is 16.4 Å². The molecule has 0 unspecified atom stereocenters. The molecule has 4 atom stereocenters. The Labute approximate surface area is 277 Å². The molecule has 4 N–H and O–H groups in total. The van der Waals surface area contributed by atoms with Gasteiger partial charge in [-0.1, -0.05) is 70.7 Å². The van der Waals surface area contributed by atoms with Crippen molar-refractivity contribution in [2.45, 2.75) is 122 Å². The van der Waals surface area contributed by atoms with E-state index in [0.29, 0.717) is 49.7 Å². The smallest absolute Gasteiger partial charge is 0.289 e. The lowest BCUT2D eigenvalue weighted by molar-refractivity contribution is -0.140. The number of amides is 3. The zero-order valence-corrected chi connectivity index (χ0v) is 28.4. The number of carbonyl (C=O) groups is 4. The Hall–Kier alpha value is -2.95. The lowest BCUT2D eigenvalue weighted by Gasteiger charge is -2.37. The van der Waals surface area contributed by atoms with Crippen molar-refractivity contribution in [2.75, 3.05) is 13.1 Å². The molecule has 2 aliphatic heterocycles. The molecule has 5 rings (SSSR count). The fourth-order valence-electron chi connectivity index (χ4n) is 6.85. The van der Waals surface area contributed by atoms with Gasteiger partial charge >= 0.3 is 0 Å². The lowest BCUT2D eigenvalue weighted by atomic mass is 9.85. The first-order chi connectivity index (χ1) is 21.9. The summed E-state index contributed by atoms with van der Waals surface area (Å²) < 4.78 is 0. The highest BCUT2D eigenvalue weighted by Crippen LogP contribution is 2.39. The Morgan fingerprint density at radius 1 is 1.11 bits per heavy atom. The van der Waals surface area contributed by atoms with E-state index in [1.54, 1.807) is 6.07 Å². The minimum Gasteiger partial charge on any atom is -0.352 e. The van der Waals surface area contributed by atoms with Gasteiger partial charge in [0.25, 0.3) is 5.91 Å². The van der Waals surface area contributed by atoms with Crippen LogP contribution in [0, 0.1) is 11.3 Å². The molecule has 46 heavy (non-hydrogen) atoms. The molecule has 1 aromatic rings. The predicted molar refractivity (Wildman–Crippen MR) is 177 cm³/mol. The molecule has 2 aliphatic carbocycles. The number of hydrogen-bond acceptors (Lipinski definition) is 7. The maximum atomic E-state index is 14.1. The molecule has 1 spiro atoms. The number of rotatable bonds is 13. The summed E-state index contributed by atoms with van der Waals surface area (Å²) in [6.45, 7) is 9.00. The van der Waals surface area contributed by atoms with Crippen molar-refractivity contribution in [2.24, 2.45) is 11.3 Å². The normalized spacial score (nSPS) is 24.7. The summed E-state index contributed by atoms with van der Waals surface area (Å²) in [6.07, 6.45) is 10.1. The average molecular weight is 656 g/mol. The van der Waals surface area contributed by atoms with Gasteiger partial charge in [0.1, 0.15) is 5.60 Å². The van der Waals surface area contributed by atoms with Gasteiger partial charge in [0.2, 0.25) is 17.6 Å². The first-order valence-electron chi connectivity index (χ1n) is 17.0. The summed E-state index contributed by atoms with van der Waals surface area (Å²) in [5.74, 6) is -1.13. The number of likely N-dealkylation sites (tertiary alicyclic amines) is 1. The van der Waals surface area contributed by atoms with Gasteiger partial charge in [0.05, 0.1) is 17.8 Å². The first kappa shape index (κ1) is 34.4. The highest BCUT2D eigenvalue weighted by molar-refractivity contribution is 6.38. The van der Waals surface area contributed by atoms with E-state index in [1.165, 1.54) is 12.8 Å². The van der Waals surface area contributed by atoms with Crippen molar-refractivity contribution >= 4 is 40.8 Å². The molecule has 1 saturated heterocycles. The molecule has 0 radical (unpaired) electrons. The second-order valence-corrected chi connectivity index (χ2v) is 15.2. The van der Waals surface area contributed by atoms with E-state index in [2.05, 4.69) is 47.1 Å². The van der Waals surface area contributed by atoms with Gasteiger partial charge < -0.3 is 16.0 Å². The highest BCUT2D eigenvalue weighted by atomic mass is 35.5. The molecule has 3 amide bonds. The molecule has 1 aromatic carbocycles. The maximum absolute atomic E-state index is 14.1. The van der Waals surface area contributed by atoms with Gasteiger partial charge in [-0.05, 0) is 61.6 Å². The summed E-state index contributed by atoms with van der Waals surface area (Å²) >= 11 is 6.26. The molecule has 252 valence electrons. The fraction of sp³-hybridized carbons (Fsp3) is 0.657. The Bertz CT molecular complexity index is 1330. The van der Waals surface area contributed by atoms with Crippen LogP contribution in [0.15, 0.2) is 30.3 Å². The molecule has 2 heterocycles. The molecular weight excluding hydrogens is 606 g/mol. The van der Waals surface area contributed by atoms with E-state index in [1.807, 2.05) is 31.2 Å². The summed E-state index contributed by atoms with van der Waals surface area (Å²) in [5.41, 5.74) is 3.56. The largest absolute Gasteiger partial charge is 0.352 e. The van der Waals surface area contributed by atoms with Gasteiger partial charge in [0, 0.05) is 48.6 Å². The number of halogens is 1. The second kappa shape index (κ2) is 14.4. The van der Waals surface area contributed by atoms with Crippen LogP contribution in [0.5, 0.6) is 0 Å². The van der Waals surface area contributed by atoms with E-state index in [-0.39, 0.29) is 29.3 Å². The fourth-order valence-corrected chi connectivity index (χ4v) is 7.04. The highest BCUT2D eigenvalue weighted by Gasteiger charge is 2.51. The van der Waals surface area contributed by atoms with Crippen molar-refractivity contribution in [3.05, 3.63) is 40.9 Å². The van der Waals surface area contributed by atoms with Crippen molar-refractivity contribution in [1.82, 2.24) is 26.3 Å². The number of Topliss-reactive ketones (excluding diaryl/α,β-unsaturated/α-hetero) is 1. The van der Waals surface area contributed by atoms with E-state index in [9.17, 15) is 19.2 Å². The minimum absolute atomic E-state index is 0.0407. The van der Waals surface area contributed by atoms with E-state index >= 15 is 0 Å². The number of nitrogens with zero attached hydrogens (tertiary/aromatic N) is 1. The van der Waals surface area contributed by atoms with Gasteiger partial charge in [-0.2, -0.15) is 0 Å². The summed E-state index contributed by atoms with van der Waals surface area (Å²) in [4.78, 5) is 61.4. The van der Waals surface area contributed by atoms with Crippen LogP contribution in [-0.4, -0.2) is 71.3 Å². The second-order valence-electron chi connectivity index (χ2n) is 14.8. The Morgan fingerprint density at radius 3 is 2.50 bits per heavy atom. The van der Waals surface area contributed by atoms with Crippen LogP contribution >= 0.6 is 11.6 Å².